The monoisotopic (exact) mass is 456 g/mol. The second kappa shape index (κ2) is 9.18. The molecule has 9 nitrogen and oxygen atoms in total. The van der Waals surface area contributed by atoms with Crippen molar-refractivity contribution in [1.82, 2.24) is 20.3 Å². The average Bonchev–Trinajstić information content (AvgIpc) is 2.85. The summed E-state index contributed by atoms with van der Waals surface area (Å²) in [6, 6.07) is 11.8. The lowest BCUT2D eigenvalue weighted by Gasteiger charge is -2.41. The van der Waals surface area contributed by atoms with Gasteiger partial charge in [-0.2, -0.15) is 4.99 Å². The predicted molar refractivity (Wildman–Crippen MR) is 133 cm³/mol. The fourth-order valence-electron chi connectivity index (χ4n) is 4.57. The number of carbonyl (C=O) groups excluding carboxylic acids is 1. The zero-order chi connectivity index (χ0) is 23.5. The van der Waals surface area contributed by atoms with Crippen molar-refractivity contribution in [3.8, 4) is 11.1 Å². The normalized spacial score (nSPS) is 17.8. The molecule has 2 fully saturated rings. The summed E-state index contributed by atoms with van der Waals surface area (Å²) in [7, 11) is 0. The van der Waals surface area contributed by atoms with Gasteiger partial charge in [-0.1, -0.05) is 30.7 Å². The topological polar surface area (TPSA) is 135 Å². The molecule has 2 aromatic heterocycles. The van der Waals surface area contributed by atoms with Crippen molar-refractivity contribution in [2.45, 2.75) is 24.7 Å². The van der Waals surface area contributed by atoms with Crippen LogP contribution < -0.4 is 21.7 Å². The van der Waals surface area contributed by atoms with Crippen molar-refractivity contribution in [2.24, 2.45) is 10.7 Å². The summed E-state index contributed by atoms with van der Waals surface area (Å²) < 4.78 is 0. The molecular weight excluding hydrogens is 428 g/mol. The molecule has 5 N–H and O–H groups in total. The molecule has 1 saturated carbocycles. The number of pyridine rings is 1. The van der Waals surface area contributed by atoms with E-state index in [2.05, 4.69) is 30.2 Å². The third-order valence-electron chi connectivity index (χ3n) is 6.80. The maximum Gasteiger partial charge on any atom is 0.280 e. The number of nitrogens with two attached hydrogens (primary N) is 2. The molecule has 0 bridgehead atoms. The van der Waals surface area contributed by atoms with Crippen molar-refractivity contribution in [3.05, 3.63) is 66.1 Å². The highest BCUT2D eigenvalue weighted by molar-refractivity contribution is 6.06. The number of piperazine rings is 1. The molecule has 5 rings (SSSR count). The number of hydrogen-bond donors (Lipinski definition) is 3. The van der Waals surface area contributed by atoms with Crippen LogP contribution in [0.25, 0.3) is 11.1 Å². The summed E-state index contributed by atoms with van der Waals surface area (Å²) in [6.45, 7) is 3.66. The first kappa shape index (κ1) is 22.0. The van der Waals surface area contributed by atoms with Gasteiger partial charge in [-0.25, -0.2) is 15.0 Å². The van der Waals surface area contributed by atoms with E-state index in [0.717, 1.165) is 67.9 Å². The standard InChI is InChI=1S/C25H28N8O/c26-23(32-22(34)18-4-7-21(29-14-18)33-12-10-28-11-13-33)25(8-1-9-25)20-5-2-17(3-6-20)19-15-30-24(27)31-16-19/h2-7,14-16,28H,1,8-13H2,(H2,26,32,34)(H2,27,30,31). The van der Waals surface area contributed by atoms with Crippen molar-refractivity contribution in [2.75, 3.05) is 36.8 Å². The molecule has 9 heteroatoms. The molecule has 0 atom stereocenters. The zero-order valence-corrected chi connectivity index (χ0v) is 18.9. The van der Waals surface area contributed by atoms with Crippen LogP contribution in [-0.2, 0) is 5.41 Å². The fourth-order valence-corrected chi connectivity index (χ4v) is 4.57. The van der Waals surface area contributed by atoms with Gasteiger partial charge >= 0.3 is 0 Å². The van der Waals surface area contributed by atoms with E-state index in [4.69, 9.17) is 11.5 Å². The van der Waals surface area contributed by atoms with Crippen LogP contribution in [0.5, 0.6) is 0 Å². The molecule has 174 valence electrons. The molecule has 3 aromatic rings. The number of amidine groups is 1. The lowest BCUT2D eigenvalue weighted by molar-refractivity contribution is 0.100. The van der Waals surface area contributed by atoms with Crippen LogP contribution in [0.2, 0.25) is 0 Å². The van der Waals surface area contributed by atoms with Gasteiger partial charge in [0.2, 0.25) is 5.95 Å². The first-order valence-electron chi connectivity index (χ1n) is 11.5. The van der Waals surface area contributed by atoms with E-state index in [1.807, 2.05) is 30.3 Å². The van der Waals surface area contributed by atoms with Gasteiger partial charge < -0.3 is 21.7 Å². The number of rotatable bonds is 5. The highest BCUT2D eigenvalue weighted by atomic mass is 16.1. The van der Waals surface area contributed by atoms with Gasteiger partial charge in [-0.05, 0) is 36.1 Å². The van der Waals surface area contributed by atoms with Gasteiger partial charge in [0.15, 0.2) is 0 Å². The summed E-state index contributed by atoms with van der Waals surface area (Å²) >= 11 is 0. The van der Waals surface area contributed by atoms with Crippen molar-refractivity contribution < 1.29 is 4.79 Å². The van der Waals surface area contributed by atoms with Gasteiger partial charge in [-0.3, -0.25) is 4.79 Å². The minimum Gasteiger partial charge on any atom is -0.386 e. The van der Waals surface area contributed by atoms with E-state index in [-0.39, 0.29) is 11.9 Å². The van der Waals surface area contributed by atoms with Gasteiger partial charge in [0.05, 0.1) is 11.0 Å². The first-order valence-corrected chi connectivity index (χ1v) is 11.5. The summed E-state index contributed by atoms with van der Waals surface area (Å²) in [5.41, 5.74) is 15.0. The molecule has 34 heavy (non-hydrogen) atoms. The number of amides is 1. The Morgan fingerprint density at radius 2 is 1.65 bits per heavy atom. The Balaban J connectivity index is 1.33. The second-order valence-electron chi connectivity index (χ2n) is 8.79. The molecule has 0 radical (unpaired) electrons. The zero-order valence-electron chi connectivity index (χ0n) is 18.9. The molecule has 0 spiro atoms. The van der Waals surface area contributed by atoms with Crippen molar-refractivity contribution >= 4 is 23.5 Å². The number of carbonyl (C=O) groups is 1. The summed E-state index contributed by atoms with van der Waals surface area (Å²) in [5, 5.41) is 3.32. The van der Waals surface area contributed by atoms with Crippen LogP contribution in [0.1, 0.15) is 35.2 Å². The number of nitrogens with one attached hydrogen (secondary N) is 1. The Bertz CT molecular complexity index is 1180. The molecule has 3 heterocycles. The summed E-state index contributed by atoms with van der Waals surface area (Å²) in [6.07, 6.45) is 7.76. The minimum absolute atomic E-state index is 0.246. The summed E-state index contributed by atoms with van der Waals surface area (Å²) in [4.78, 5) is 32.0. The molecule has 0 unspecified atom stereocenters. The number of aromatic nitrogens is 3. The van der Waals surface area contributed by atoms with Crippen LogP contribution in [0.15, 0.2) is 60.0 Å². The third-order valence-corrected chi connectivity index (χ3v) is 6.80. The van der Waals surface area contributed by atoms with Gasteiger partial charge in [-0.15, -0.1) is 0 Å². The van der Waals surface area contributed by atoms with Crippen molar-refractivity contribution in [3.63, 3.8) is 0 Å². The molecule has 1 saturated heterocycles. The van der Waals surface area contributed by atoms with E-state index in [0.29, 0.717) is 11.4 Å². The number of nitrogens with zero attached hydrogens (tertiary/aromatic N) is 5. The lowest BCUT2D eigenvalue weighted by atomic mass is 9.63. The average molecular weight is 457 g/mol. The van der Waals surface area contributed by atoms with E-state index in [1.165, 1.54) is 0 Å². The van der Waals surface area contributed by atoms with Gasteiger partial charge in [0, 0.05) is 50.3 Å². The Kier molecular flexibility index (Phi) is 5.93. The molecule has 1 aliphatic heterocycles. The molecule has 1 aliphatic carbocycles. The Hall–Kier alpha value is -3.85. The number of nitrogen functional groups attached to an aromatic ring is 1. The van der Waals surface area contributed by atoms with Crippen LogP contribution in [0.3, 0.4) is 0 Å². The quantitative estimate of drug-likeness (QED) is 0.393. The minimum atomic E-state index is -0.417. The van der Waals surface area contributed by atoms with Crippen molar-refractivity contribution in [1.29, 1.82) is 0 Å². The SMILES string of the molecule is NC(=NC(=O)c1ccc(N2CCNCC2)nc1)C1(c2ccc(-c3cnc(N)nc3)cc2)CCC1. The fraction of sp³-hybridized carbons (Fsp3) is 0.320. The maximum atomic E-state index is 12.9. The maximum absolute atomic E-state index is 12.9. The molecule has 1 aromatic carbocycles. The van der Waals surface area contributed by atoms with Crippen LogP contribution in [0.4, 0.5) is 11.8 Å². The van der Waals surface area contributed by atoms with E-state index in [9.17, 15) is 4.79 Å². The van der Waals surface area contributed by atoms with Gasteiger partial charge in [0.25, 0.3) is 5.91 Å². The number of aliphatic imine (C=N–C) groups is 1. The number of anilines is 2. The highest BCUT2D eigenvalue weighted by Gasteiger charge is 2.42. The third kappa shape index (κ3) is 4.22. The van der Waals surface area contributed by atoms with E-state index >= 15 is 0 Å². The number of hydrogen-bond acceptors (Lipinski definition) is 7. The second-order valence-corrected chi connectivity index (χ2v) is 8.79. The molecule has 1 amide bonds. The Morgan fingerprint density at radius 1 is 0.941 bits per heavy atom. The van der Waals surface area contributed by atoms with Crippen LogP contribution >= 0.6 is 0 Å². The largest absolute Gasteiger partial charge is 0.386 e. The Morgan fingerprint density at radius 3 is 2.24 bits per heavy atom. The van der Waals surface area contributed by atoms with Crippen LogP contribution in [0, 0.1) is 0 Å². The van der Waals surface area contributed by atoms with E-state index in [1.54, 1.807) is 24.7 Å². The molecule has 2 aliphatic rings. The Labute approximate surface area is 198 Å². The first-order chi connectivity index (χ1) is 16.5. The summed E-state index contributed by atoms with van der Waals surface area (Å²) in [5.74, 6) is 1.12. The predicted octanol–water partition coefficient (Wildman–Crippen LogP) is 2.15. The van der Waals surface area contributed by atoms with Crippen LogP contribution in [-0.4, -0.2) is 52.9 Å². The molecular formula is C25H28N8O. The smallest absolute Gasteiger partial charge is 0.280 e. The highest BCUT2D eigenvalue weighted by Crippen LogP contribution is 2.44. The number of benzene rings is 1. The van der Waals surface area contributed by atoms with Gasteiger partial charge in [0.1, 0.15) is 11.7 Å². The lowest BCUT2D eigenvalue weighted by Crippen LogP contribution is -2.47. The van der Waals surface area contributed by atoms with E-state index < -0.39 is 5.41 Å².